The van der Waals surface area contributed by atoms with Crippen LogP contribution in [0.15, 0.2) is 53.9 Å². The molecule has 3 rings (SSSR count). The zero-order chi connectivity index (χ0) is 16.2. The zero-order valence-corrected chi connectivity index (χ0v) is 12.7. The summed E-state index contributed by atoms with van der Waals surface area (Å²) in [5, 5.41) is 11.9. The normalized spacial score (nSPS) is 10.5. The Morgan fingerprint density at radius 1 is 1.22 bits per heavy atom. The minimum Gasteiger partial charge on any atom is -0.508 e. The van der Waals surface area contributed by atoms with Crippen LogP contribution in [-0.4, -0.2) is 16.1 Å². The third kappa shape index (κ3) is 3.73. The van der Waals surface area contributed by atoms with Crippen LogP contribution in [-0.2, 0) is 11.3 Å². The van der Waals surface area contributed by atoms with Gasteiger partial charge in [0.25, 0.3) is 0 Å². The molecule has 1 heterocycles. The van der Waals surface area contributed by atoms with Gasteiger partial charge in [0.05, 0.1) is 11.3 Å². The number of esters is 1. The summed E-state index contributed by atoms with van der Waals surface area (Å²) in [5.41, 5.74) is 1.70. The molecule has 23 heavy (non-hydrogen) atoms. The minimum absolute atomic E-state index is 0.00621. The summed E-state index contributed by atoms with van der Waals surface area (Å²) in [4.78, 5) is 16.2. The Bertz CT molecular complexity index is 830. The fourth-order valence-electron chi connectivity index (χ4n) is 1.95. The number of carbonyl (C=O) groups is 1. The lowest BCUT2D eigenvalue weighted by molar-refractivity contribution is 0.0468. The van der Waals surface area contributed by atoms with Crippen molar-refractivity contribution in [3.8, 4) is 16.3 Å². The molecule has 0 atom stereocenters. The van der Waals surface area contributed by atoms with Gasteiger partial charge >= 0.3 is 5.97 Å². The summed E-state index contributed by atoms with van der Waals surface area (Å²) in [5.74, 6) is -0.825. The van der Waals surface area contributed by atoms with Crippen LogP contribution in [0.4, 0.5) is 4.39 Å². The Kier molecular flexibility index (Phi) is 4.34. The number of benzene rings is 2. The predicted octanol–water partition coefficient (Wildman–Crippen LogP) is 4.01. The number of hydrogen-bond acceptors (Lipinski definition) is 5. The van der Waals surface area contributed by atoms with E-state index in [1.165, 1.54) is 35.6 Å². The van der Waals surface area contributed by atoms with Crippen LogP contribution in [0.3, 0.4) is 0 Å². The number of phenols is 1. The molecule has 0 amide bonds. The first-order valence-electron chi connectivity index (χ1n) is 6.78. The molecule has 4 nitrogen and oxygen atoms in total. The van der Waals surface area contributed by atoms with Crippen molar-refractivity contribution in [1.82, 2.24) is 4.98 Å². The number of rotatable bonds is 4. The highest BCUT2D eigenvalue weighted by Gasteiger charge is 2.10. The summed E-state index contributed by atoms with van der Waals surface area (Å²) in [6, 6.07) is 12.0. The average Bonchev–Trinajstić information content (AvgIpc) is 3.02. The van der Waals surface area contributed by atoms with Gasteiger partial charge in [-0.2, -0.15) is 0 Å². The molecule has 0 aliphatic heterocycles. The quantitative estimate of drug-likeness (QED) is 0.735. The van der Waals surface area contributed by atoms with Gasteiger partial charge in [-0.3, -0.25) is 0 Å². The van der Waals surface area contributed by atoms with Gasteiger partial charge in [0.1, 0.15) is 23.2 Å². The highest BCUT2D eigenvalue weighted by Crippen LogP contribution is 2.24. The fourth-order valence-corrected chi connectivity index (χ4v) is 2.76. The van der Waals surface area contributed by atoms with Crippen LogP contribution in [0.25, 0.3) is 10.6 Å². The summed E-state index contributed by atoms with van der Waals surface area (Å²) < 4.78 is 18.1. The number of nitrogens with zero attached hydrogens (tertiary/aromatic N) is 1. The van der Waals surface area contributed by atoms with Crippen molar-refractivity contribution in [2.24, 2.45) is 0 Å². The molecule has 116 valence electrons. The molecule has 0 unspecified atom stereocenters. The van der Waals surface area contributed by atoms with Crippen LogP contribution < -0.4 is 0 Å². The van der Waals surface area contributed by atoms with Gasteiger partial charge in [-0.1, -0.05) is 6.07 Å². The maximum Gasteiger partial charge on any atom is 0.338 e. The van der Waals surface area contributed by atoms with Gasteiger partial charge in [0.15, 0.2) is 0 Å². The summed E-state index contributed by atoms with van der Waals surface area (Å²) in [6.45, 7) is 0.0339. The number of phenolic OH excluding ortho intramolecular Hbond substituents is 1. The van der Waals surface area contributed by atoms with Crippen LogP contribution in [0.1, 0.15) is 16.1 Å². The smallest absolute Gasteiger partial charge is 0.338 e. The van der Waals surface area contributed by atoms with Gasteiger partial charge in [0, 0.05) is 10.9 Å². The molecule has 0 aliphatic carbocycles. The average molecular weight is 329 g/mol. The molecule has 2 aromatic carbocycles. The largest absolute Gasteiger partial charge is 0.508 e. The lowest BCUT2D eigenvalue weighted by Gasteiger charge is -2.03. The van der Waals surface area contributed by atoms with Crippen molar-refractivity contribution < 1.29 is 19.0 Å². The van der Waals surface area contributed by atoms with Crippen LogP contribution >= 0.6 is 11.3 Å². The fraction of sp³-hybridized carbons (Fsp3) is 0.0588. The van der Waals surface area contributed by atoms with Crippen LogP contribution in [0.5, 0.6) is 5.75 Å². The van der Waals surface area contributed by atoms with E-state index in [4.69, 9.17) is 4.74 Å². The zero-order valence-electron chi connectivity index (χ0n) is 11.9. The van der Waals surface area contributed by atoms with E-state index in [1.54, 1.807) is 29.6 Å². The maximum absolute atomic E-state index is 12.9. The SMILES string of the molecule is O=C(OCc1csc(-c2ccc(F)cc2)n1)c1cccc(O)c1. The van der Waals surface area contributed by atoms with E-state index in [0.29, 0.717) is 5.69 Å². The number of halogens is 1. The van der Waals surface area contributed by atoms with Crippen molar-refractivity contribution in [2.45, 2.75) is 6.61 Å². The van der Waals surface area contributed by atoms with Crippen LogP contribution in [0.2, 0.25) is 0 Å². The van der Waals surface area contributed by atoms with E-state index in [-0.39, 0.29) is 23.7 Å². The molecule has 0 saturated heterocycles. The number of hydrogen-bond donors (Lipinski definition) is 1. The Morgan fingerprint density at radius 2 is 2.00 bits per heavy atom. The Hall–Kier alpha value is -2.73. The van der Waals surface area contributed by atoms with Gasteiger partial charge < -0.3 is 9.84 Å². The second kappa shape index (κ2) is 6.58. The lowest BCUT2D eigenvalue weighted by Crippen LogP contribution is -2.05. The van der Waals surface area contributed by atoms with Crippen molar-refractivity contribution >= 4 is 17.3 Å². The molecule has 0 spiro atoms. The Labute approximate surface area is 135 Å². The first-order chi connectivity index (χ1) is 11.1. The van der Waals surface area contributed by atoms with E-state index in [1.807, 2.05) is 0 Å². The number of ether oxygens (including phenoxy) is 1. The van der Waals surface area contributed by atoms with Crippen LogP contribution in [0, 0.1) is 5.82 Å². The molecule has 0 bridgehead atoms. The number of aromatic hydroxyl groups is 1. The van der Waals surface area contributed by atoms with Gasteiger partial charge in [-0.25, -0.2) is 14.2 Å². The Morgan fingerprint density at radius 3 is 2.74 bits per heavy atom. The Balaban J connectivity index is 1.65. The highest BCUT2D eigenvalue weighted by atomic mass is 32.1. The molecule has 6 heteroatoms. The third-order valence-electron chi connectivity index (χ3n) is 3.08. The molecule has 1 aromatic heterocycles. The van der Waals surface area contributed by atoms with Gasteiger partial charge in [-0.15, -0.1) is 11.3 Å². The molecule has 0 radical (unpaired) electrons. The predicted molar refractivity (Wildman–Crippen MR) is 84.7 cm³/mol. The monoisotopic (exact) mass is 329 g/mol. The van der Waals surface area contributed by atoms with Crippen molar-refractivity contribution in [3.63, 3.8) is 0 Å². The molecule has 0 saturated carbocycles. The summed E-state index contributed by atoms with van der Waals surface area (Å²) >= 11 is 1.39. The second-order valence-electron chi connectivity index (χ2n) is 4.78. The van der Waals surface area contributed by atoms with Crippen molar-refractivity contribution in [1.29, 1.82) is 0 Å². The standard InChI is InChI=1S/C17H12FNO3S/c18-13-6-4-11(5-7-13)16-19-14(10-23-16)9-22-17(21)12-2-1-3-15(20)8-12/h1-8,10,20H,9H2. The second-order valence-corrected chi connectivity index (χ2v) is 5.64. The van der Waals surface area contributed by atoms with Gasteiger partial charge in [0.2, 0.25) is 0 Å². The molecule has 0 aliphatic rings. The van der Waals surface area contributed by atoms with Crippen molar-refractivity contribution in [2.75, 3.05) is 0 Å². The molecule has 3 aromatic rings. The van der Waals surface area contributed by atoms with E-state index < -0.39 is 5.97 Å². The van der Waals surface area contributed by atoms with E-state index in [0.717, 1.165) is 10.6 Å². The minimum atomic E-state index is -0.530. The van der Waals surface area contributed by atoms with Crippen molar-refractivity contribution in [3.05, 3.63) is 71.0 Å². The molecule has 0 fully saturated rings. The maximum atomic E-state index is 12.9. The van der Waals surface area contributed by atoms with E-state index in [9.17, 15) is 14.3 Å². The number of carbonyl (C=O) groups excluding carboxylic acids is 1. The summed E-state index contributed by atoms with van der Waals surface area (Å²) in [6.07, 6.45) is 0. The number of thiazole rings is 1. The topological polar surface area (TPSA) is 59.4 Å². The molecular weight excluding hydrogens is 317 g/mol. The molecule has 1 N–H and O–H groups in total. The number of aromatic nitrogens is 1. The van der Waals surface area contributed by atoms with E-state index in [2.05, 4.69) is 4.98 Å². The van der Waals surface area contributed by atoms with E-state index >= 15 is 0 Å². The lowest BCUT2D eigenvalue weighted by atomic mass is 10.2. The summed E-state index contributed by atoms with van der Waals surface area (Å²) in [7, 11) is 0. The molecular formula is C17H12FNO3S. The first-order valence-corrected chi connectivity index (χ1v) is 7.66. The first kappa shape index (κ1) is 15.2. The highest BCUT2D eigenvalue weighted by molar-refractivity contribution is 7.13. The third-order valence-corrected chi connectivity index (χ3v) is 4.02. The van der Waals surface area contributed by atoms with Gasteiger partial charge in [-0.05, 0) is 42.5 Å².